The molecule has 2 aromatic heterocycles. The van der Waals surface area contributed by atoms with Crippen molar-refractivity contribution in [1.82, 2.24) is 14.7 Å². The van der Waals surface area contributed by atoms with Crippen molar-refractivity contribution in [2.45, 2.75) is 26.3 Å². The van der Waals surface area contributed by atoms with Crippen molar-refractivity contribution in [2.75, 3.05) is 0 Å². The maximum Gasteiger partial charge on any atom is 0.440 e. The van der Waals surface area contributed by atoms with Gasteiger partial charge in [0.25, 0.3) is 0 Å². The summed E-state index contributed by atoms with van der Waals surface area (Å²) in [6.45, 7) is 1.77. The Kier molecular flexibility index (Phi) is 5.47. The fraction of sp³-hybridized carbons (Fsp3) is 0.190. The third-order valence-electron chi connectivity index (χ3n) is 4.58. The van der Waals surface area contributed by atoms with Gasteiger partial charge < -0.3 is 13.7 Å². The molecule has 0 saturated heterocycles. The second-order valence-corrected chi connectivity index (χ2v) is 6.88. The van der Waals surface area contributed by atoms with Crippen molar-refractivity contribution in [1.29, 1.82) is 0 Å². The molecule has 2 heterocycles. The Balaban J connectivity index is 1.45. The minimum atomic E-state index is -4.42. The Morgan fingerprint density at radius 3 is 2.53 bits per heavy atom. The van der Waals surface area contributed by atoms with Gasteiger partial charge in [-0.2, -0.15) is 13.2 Å². The van der Waals surface area contributed by atoms with Crippen molar-refractivity contribution in [3.05, 3.63) is 92.1 Å². The lowest BCUT2D eigenvalue weighted by Crippen LogP contribution is -2.17. The van der Waals surface area contributed by atoms with E-state index in [-0.39, 0.29) is 19.0 Å². The molecule has 1 N–H and O–H groups in total. The third-order valence-corrected chi connectivity index (χ3v) is 4.58. The molecular formula is C21H16F3N3O5. The Morgan fingerprint density at radius 2 is 1.88 bits per heavy atom. The van der Waals surface area contributed by atoms with Gasteiger partial charge in [0.05, 0.1) is 12.1 Å². The normalized spacial score (nSPS) is 11.6. The van der Waals surface area contributed by atoms with E-state index < -0.39 is 23.2 Å². The quantitative estimate of drug-likeness (QED) is 0.483. The largest absolute Gasteiger partial charge is 0.487 e. The molecule has 0 aliphatic heterocycles. The van der Waals surface area contributed by atoms with E-state index in [0.29, 0.717) is 28.3 Å². The average Bonchev–Trinajstić information content (AvgIpc) is 3.27. The first-order valence-corrected chi connectivity index (χ1v) is 9.35. The molecule has 32 heavy (non-hydrogen) atoms. The van der Waals surface area contributed by atoms with E-state index in [2.05, 4.69) is 4.98 Å². The number of oxazole rings is 1. The number of halogens is 3. The summed E-state index contributed by atoms with van der Waals surface area (Å²) in [5.41, 5.74) is 0.144. The zero-order valence-electron chi connectivity index (χ0n) is 16.6. The van der Waals surface area contributed by atoms with E-state index in [1.807, 2.05) is 4.98 Å². The fourth-order valence-electron chi connectivity index (χ4n) is 2.96. The molecule has 0 atom stereocenters. The van der Waals surface area contributed by atoms with Crippen molar-refractivity contribution >= 4 is 0 Å². The van der Waals surface area contributed by atoms with Crippen molar-refractivity contribution in [3.8, 4) is 17.2 Å². The van der Waals surface area contributed by atoms with E-state index >= 15 is 0 Å². The molecule has 166 valence electrons. The molecule has 0 radical (unpaired) electrons. The minimum Gasteiger partial charge on any atom is -0.487 e. The predicted molar refractivity (Wildman–Crippen MR) is 105 cm³/mol. The Morgan fingerprint density at radius 1 is 1.12 bits per heavy atom. The van der Waals surface area contributed by atoms with Crippen LogP contribution in [0.3, 0.4) is 0 Å². The van der Waals surface area contributed by atoms with Crippen molar-refractivity contribution in [3.63, 3.8) is 0 Å². The summed E-state index contributed by atoms with van der Waals surface area (Å²) < 4.78 is 55.1. The molecule has 0 saturated carbocycles. The van der Waals surface area contributed by atoms with Crippen LogP contribution in [-0.4, -0.2) is 14.7 Å². The van der Waals surface area contributed by atoms with Crippen LogP contribution in [-0.2, 0) is 19.3 Å². The van der Waals surface area contributed by atoms with E-state index in [9.17, 15) is 22.8 Å². The third kappa shape index (κ3) is 4.66. The number of aryl methyl sites for hydroxylation is 1. The van der Waals surface area contributed by atoms with Crippen LogP contribution in [0.25, 0.3) is 11.5 Å². The van der Waals surface area contributed by atoms with Crippen LogP contribution in [0.15, 0.2) is 67.1 Å². The van der Waals surface area contributed by atoms with Crippen LogP contribution in [0, 0.1) is 6.92 Å². The van der Waals surface area contributed by atoms with E-state index in [1.165, 1.54) is 12.1 Å². The predicted octanol–water partition coefficient (Wildman–Crippen LogP) is 3.74. The van der Waals surface area contributed by atoms with Crippen LogP contribution in [0.4, 0.5) is 13.2 Å². The summed E-state index contributed by atoms with van der Waals surface area (Å²) >= 11 is 0. The first-order valence-electron chi connectivity index (χ1n) is 9.35. The van der Waals surface area contributed by atoms with Gasteiger partial charge in [-0.15, -0.1) is 4.74 Å². The summed E-state index contributed by atoms with van der Waals surface area (Å²) in [5.74, 6) is 0.293. The summed E-state index contributed by atoms with van der Waals surface area (Å²) in [6.07, 6.45) is -4.42. The number of nitrogens with one attached hydrogen (secondary N) is 1. The van der Waals surface area contributed by atoms with Crippen molar-refractivity contribution in [2.24, 2.45) is 0 Å². The summed E-state index contributed by atoms with van der Waals surface area (Å²) in [4.78, 5) is 29.0. The maximum atomic E-state index is 12.7. The second-order valence-electron chi connectivity index (χ2n) is 6.88. The van der Waals surface area contributed by atoms with Gasteiger partial charge in [-0.25, -0.2) is 19.6 Å². The van der Waals surface area contributed by atoms with Gasteiger partial charge in [-0.05, 0) is 48.9 Å². The lowest BCUT2D eigenvalue weighted by molar-refractivity contribution is -0.137. The monoisotopic (exact) mass is 447 g/mol. The smallest absolute Gasteiger partial charge is 0.440 e. The number of rotatable bonds is 6. The zero-order valence-corrected chi connectivity index (χ0v) is 16.6. The van der Waals surface area contributed by atoms with Gasteiger partial charge in [0.15, 0.2) is 0 Å². The van der Waals surface area contributed by atoms with E-state index in [1.54, 1.807) is 31.2 Å². The first-order chi connectivity index (χ1) is 15.2. The molecule has 4 aromatic rings. The SMILES string of the molecule is Cc1oc(-c2ccc(C(F)(F)F)cc2)nc1COc1cccc(Cn2oc(=O)[nH]c2=O)c1. The lowest BCUT2D eigenvalue weighted by atomic mass is 10.1. The van der Waals surface area contributed by atoms with E-state index in [4.69, 9.17) is 13.7 Å². The fourth-order valence-corrected chi connectivity index (χ4v) is 2.96. The van der Waals surface area contributed by atoms with Gasteiger partial charge in [0.2, 0.25) is 5.89 Å². The molecule has 0 fully saturated rings. The molecular weight excluding hydrogens is 431 g/mol. The number of H-pyrrole nitrogens is 1. The second kappa shape index (κ2) is 8.25. The highest BCUT2D eigenvalue weighted by atomic mass is 19.4. The van der Waals surface area contributed by atoms with Crippen LogP contribution in [0.2, 0.25) is 0 Å². The molecule has 4 rings (SSSR count). The van der Waals surface area contributed by atoms with Crippen molar-refractivity contribution < 1.29 is 26.8 Å². The standard InChI is InChI=1S/C21H16F3N3O5/c1-12-17(25-18(31-12)14-5-7-15(8-6-14)21(22,23)24)11-30-16-4-2-3-13(9-16)10-27-19(28)26-20(29)32-27/h2-9H,10-11H2,1H3,(H,26,28,29). The molecule has 0 unspecified atom stereocenters. The van der Waals surface area contributed by atoms with Gasteiger partial charge in [-0.1, -0.05) is 12.1 Å². The van der Waals surface area contributed by atoms with Crippen LogP contribution in [0.5, 0.6) is 5.75 Å². The molecule has 2 aromatic carbocycles. The van der Waals surface area contributed by atoms with Gasteiger partial charge in [-0.3, -0.25) is 0 Å². The van der Waals surface area contributed by atoms with Crippen LogP contribution >= 0.6 is 0 Å². The molecule has 0 bridgehead atoms. The highest BCUT2D eigenvalue weighted by molar-refractivity contribution is 5.54. The minimum absolute atomic E-state index is 0.0375. The molecule has 0 aliphatic carbocycles. The zero-order chi connectivity index (χ0) is 22.9. The summed E-state index contributed by atoms with van der Waals surface area (Å²) in [5, 5.41) is 0. The van der Waals surface area contributed by atoms with E-state index in [0.717, 1.165) is 16.9 Å². The number of hydrogen-bond acceptors (Lipinski definition) is 6. The summed E-state index contributed by atoms with van der Waals surface area (Å²) in [7, 11) is 0. The number of aromatic nitrogens is 3. The lowest BCUT2D eigenvalue weighted by Gasteiger charge is -2.07. The maximum absolute atomic E-state index is 12.7. The Bertz CT molecular complexity index is 1350. The Labute approximate surface area is 177 Å². The van der Waals surface area contributed by atoms with Crippen LogP contribution in [0.1, 0.15) is 22.6 Å². The molecule has 8 nitrogen and oxygen atoms in total. The molecule has 0 spiro atoms. The highest BCUT2D eigenvalue weighted by Crippen LogP contribution is 2.31. The first kappa shape index (κ1) is 21.2. The Hall–Kier alpha value is -4.02. The number of aromatic amines is 1. The average molecular weight is 447 g/mol. The van der Waals surface area contributed by atoms with Crippen LogP contribution < -0.4 is 16.2 Å². The number of benzene rings is 2. The number of alkyl halides is 3. The molecule has 0 aliphatic rings. The topological polar surface area (TPSA) is 103 Å². The number of ether oxygens (including phenoxy) is 1. The highest BCUT2D eigenvalue weighted by Gasteiger charge is 2.30. The van der Waals surface area contributed by atoms with Gasteiger partial charge in [0, 0.05) is 5.56 Å². The number of hydrogen-bond donors (Lipinski definition) is 1. The molecule has 11 heteroatoms. The summed E-state index contributed by atoms with van der Waals surface area (Å²) in [6, 6.07) is 11.3. The van der Waals surface area contributed by atoms with Gasteiger partial charge in [0.1, 0.15) is 23.8 Å². The molecule has 0 amide bonds. The number of nitrogens with zero attached hydrogens (tertiary/aromatic N) is 2. The van der Waals surface area contributed by atoms with Gasteiger partial charge >= 0.3 is 17.6 Å².